The van der Waals surface area contributed by atoms with Gasteiger partial charge in [-0.2, -0.15) is 0 Å². The topological polar surface area (TPSA) is 75.7 Å². The van der Waals surface area contributed by atoms with Crippen LogP contribution >= 0.6 is 0 Å². The standard InChI is InChI=1S/C20H30N2O4S/c23-20(21-13-6-15-26-19-7-2-1-3-8-19)17-9-11-18(12-10-17)22-14-4-5-16-27(22,24)25/h9-12,19H,1-8,13-16H2,(H,21,23). The van der Waals surface area contributed by atoms with Crippen LogP contribution in [-0.2, 0) is 14.8 Å². The minimum Gasteiger partial charge on any atom is -0.378 e. The Kier molecular flexibility index (Phi) is 7.13. The average Bonchev–Trinajstić information content (AvgIpc) is 2.68. The highest BCUT2D eigenvalue weighted by atomic mass is 32.2. The second-order valence-electron chi connectivity index (χ2n) is 7.38. The maximum absolute atomic E-state index is 12.2. The Morgan fingerprint density at radius 3 is 2.52 bits per heavy atom. The number of rotatable bonds is 7. The molecule has 0 spiro atoms. The van der Waals surface area contributed by atoms with Gasteiger partial charge in [0.15, 0.2) is 0 Å². The van der Waals surface area contributed by atoms with Crippen molar-refractivity contribution in [2.24, 2.45) is 0 Å². The van der Waals surface area contributed by atoms with E-state index in [1.807, 2.05) is 0 Å². The monoisotopic (exact) mass is 394 g/mol. The van der Waals surface area contributed by atoms with E-state index in [9.17, 15) is 13.2 Å². The second kappa shape index (κ2) is 9.55. The molecule has 1 aromatic rings. The Balaban J connectivity index is 1.42. The van der Waals surface area contributed by atoms with Crippen LogP contribution in [0.4, 0.5) is 5.69 Å². The van der Waals surface area contributed by atoms with E-state index in [0.717, 1.165) is 25.7 Å². The van der Waals surface area contributed by atoms with E-state index in [1.165, 1.54) is 23.6 Å². The van der Waals surface area contributed by atoms with Crippen LogP contribution in [0.1, 0.15) is 61.7 Å². The minimum absolute atomic E-state index is 0.138. The first kappa shape index (κ1) is 20.1. The number of amides is 1. The summed E-state index contributed by atoms with van der Waals surface area (Å²) in [6, 6.07) is 6.80. The lowest BCUT2D eigenvalue weighted by Crippen LogP contribution is -2.37. The summed E-state index contributed by atoms with van der Waals surface area (Å²) in [6.45, 7) is 1.76. The van der Waals surface area contributed by atoms with Crippen LogP contribution < -0.4 is 9.62 Å². The van der Waals surface area contributed by atoms with Gasteiger partial charge in [0.25, 0.3) is 5.91 Å². The summed E-state index contributed by atoms with van der Waals surface area (Å²) >= 11 is 0. The molecule has 150 valence electrons. The SMILES string of the molecule is O=C(NCCCOC1CCCCC1)c1ccc(N2CCCCS2(=O)=O)cc1. The number of benzene rings is 1. The summed E-state index contributed by atoms with van der Waals surface area (Å²) < 4.78 is 31.6. The summed E-state index contributed by atoms with van der Waals surface area (Å²) in [7, 11) is -3.22. The quantitative estimate of drug-likeness (QED) is 0.721. The number of nitrogens with one attached hydrogen (secondary N) is 1. The number of nitrogens with zero attached hydrogens (tertiary/aromatic N) is 1. The molecule has 1 N–H and O–H groups in total. The van der Waals surface area contributed by atoms with Gasteiger partial charge in [-0.3, -0.25) is 9.10 Å². The lowest BCUT2D eigenvalue weighted by molar-refractivity contribution is 0.0273. The van der Waals surface area contributed by atoms with Crippen molar-refractivity contribution < 1.29 is 17.9 Å². The molecule has 2 aliphatic rings. The van der Waals surface area contributed by atoms with E-state index < -0.39 is 10.0 Å². The van der Waals surface area contributed by atoms with Crippen molar-refractivity contribution >= 4 is 21.6 Å². The van der Waals surface area contributed by atoms with Gasteiger partial charge in [0.05, 0.1) is 17.5 Å². The fourth-order valence-electron chi connectivity index (χ4n) is 3.72. The van der Waals surface area contributed by atoms with Gasteiger partial charge in [0, 0.05) is 25.3 Å². The summed E-state index contributed by atoms with van der Waals surface area (Å²) in [5, 5.41) is 2.90. The van der Waals surface area contributed by atoms with Crippen molar-refractivity contribution in [1.82, 2.24) is 5.32 Å². The zero-order chi connectivity index (χ0) is 19.1. The highest BCUT2D eigenvalue weighted by molar-refractivity contribution is 7.92. The molecule has 3 rings (SSSR count). The van der Waals surface area contributed by atoms with E-state index in [4.69, 9.17) is 4.74 Å². The fraction of sp³-hybridized carbons (Fsp3) is 0.650. The van der Waals surface area contributed by atoms with E-state index >= 15 is 0 Å². The second-order valence-corrected chi connectivity index (χ2v) is 9.40. The van der Waals surface area contributed by atoms with E-state index in [2.05, 4.69) is 5.32 Å². The van der Waals surface area contributed by atoms with Crippen LogP contribution in [-0.4, -0.2) is 45.9 Å². The first-order chi connectivity index (χ1) is 13.1. The molecule has 1 aliphatic carbocycles. The normalized spacial score (nSPS) is 20.4. The van der Waals surface area contributed by atoms with Crippen LogP contribution in [0, 0.1) is 0 Å². The van der Waals surface area contributed by atoms with Gasteiger partial charge in [-0.15, -0.1) is 0 Å². The molecule has 1 aliphatic heterocycles. The molecular weight excluding hydrogens is 364 g/mol. The number of hydrogen-bond donors (Lipinski definition) is 1. The molecule has 1 heterocycles. The molecule has 1 amide bonds. The molecular formula is C20H30N2O4S. The summed E-state index contributed by atoms with van der Waals surface area (Å²) in [6.07, 6.45) is 8.93. The van der Waals surface area contributed by atoms with E-state index in [0.29, 0.717) is 43.5 Å². The molecule has 0 radical (unpaired) electrons. The zero-order valence-corrected chi connectivity index (χ0v) is 16.7. The molecule has 1 saturated carbocycles. The van der Waals surface area contributed by atoms with Gasteiger partial charge in [0.2, 0.25) is 10.0 Å². The summed E-state index contributed by atoms with van der Waals surface area (Å²) in [4.78, 5) is 12.2. The van der Waals surface area contributed by atoms with Crippen molar-refractivity contribution in [3.63, 3.8) is 0 Å². The minimum atomic E-state index is -3.22. The largest absolute Gasteiger partial charge is 0.378 e. The number of sulfonamides is 1. The Morgan fingerprint density at radius 1 is 1.07 bits per heavy atom. The van der Waals surface area contributed by atoms with Crippen molar-refractivity contribution in [2.75, 3.05) is 29.8 Å². The lowest BCUT2D eigenvalue weighted by Gasteiger charge is -2.28. The lowest BCUT2D eigenvalue weighted by atomic mass is 9.98. The first-order valence-corrected chi connectivity index (χ1v) is 11.7. The predicted molar refractivity (Wildman–Crippen MR) is 107 cm³/mol. The van der Waals surface area contributed by atoms with Crippen LogP contribution in [0.5, 0.6) is 0 Å². The van der Waals surface area contributed by atoms with Crippen molar-refractivity contribution in [1.29, 1.82) is 0 Å². The average molecular weight is 395 g/mol. The molecule has 1 aromatic carbocycles. The van der Waals surface area contributed by atoms with Crippen LogP contribution in [0.15, 0.2) is 24.3 Å². The number of carbonyl (C=O) groups excluding carboxylic acids is 1. The van der Waals surface area contributed by atoms with Gasteiger partial charge in [-0.25, -0.2) is 8.42 Å². The summed E-state index contributed by atoms with van der Waals surface area (Å²) in [5.41, 5.74) is 1.17. The predicted octanol–water partition coefficient (Wildman–Crippen LogP) is 3.09. The van der Waals surface area contributed by atoms with Crippen molar-refractivity contribution in [3.05, 3.63) is 29.8 Å². The van der Waals surface area contributed by atoms with Crippen LogP contribution in [0.2, 0.25) is 0 Å². The Labute approximate surface area is 162 Å². The van der Waals surface area contributed by atoms with Crippen LogP contribution in [0.3, 0.4) is 0 Å². The molecule has 0 bridgehead atoms. The molecule has 7 heteroatoms. The third-order valence-corrected chi connectivity index (χ3v) is 7.15. The first-order valence-electron chi connectivity index (χ1n) is 10.1. The Morgan fingerprint density at radius 2 is 1.81 bits per heavy atom. The summed E-state index contributed by atoms with van der Waals surface area (Å²) in [5.74, 6) is 0.0544. The van der Waals surface area contributed by atoms with Crippen LogP contribution in [0.25, 0.3) is 0 Å². The molecule has 0 aromatic heterocycles. The van der Waals surface area contributed by atoms with Gasteiger partial charge in [-0.05, 0) is 56.4 Å². The number of anilines is 1. The van der Waals surface area contributed by atoms with E-state index in [1.54, 1.807) is 24.3 Å². The molecule has 0 unspecified atom stereocenters. The Hall–Kier alpha value is -1.60. The van der Waals surface area contributed by atoms with Gasteiger partial charge in [-0.1, -0.05) is 19.3 Å². The smallest absolute Gasteiger partial charge is 0.251 e. The number of carbonyl (C=O) groups is 1. The number of ether oxygens (including phenoxy) is 1. The van der Waals surface area contributed by atoms with Gasteiger partial charge >= 0.3 is 0 Å². The van der Waals surface area contributed by atoms with Crippen molar-refractivity contribution in [2.45, 2.75) is 57.5 Å². The molecule has 1 saturated heterocycles. The highest BCUT2D eigenvalue weighted by Crippen LogP contribution is 2.24. The number of hydrogen-bond acceptors (Lipinski definition) is 4. The Bertz CT molecular complexity index is 712. The molecule has 2 fully saturated rings. The van der Waals surface area contributed by atoms with E-state index in [-0.39, 0.29) is 11.7 Å². The highest BCUT2D eigenvalue weighted by Gasteiger charge is 2.26. The van der Waals surface area contributed by atoms with Gasteiger partial charge < -0.3 is 10.1 Å². The third-order valence-electron chi connectivity index (χ3n) is 5.28. The fourth-order valence-corrected chi connectivity index (χ4v) is 5.36. The van der Waals surface area contributed by atoms with Gasteiger partial charge in [0.1, 0.15) is 0 Å². The maximum Gasteiger partial charge on any atom is 0.251 e. The zero-order valence-electron chi connectivity index (χ0n) is 15.9. The van der Waals surface area contributed by atoms with Crippen molar-refractivity contribution in [3.8, 4) is 0 Å². The maximum atomic E-state index is 12.2. The molecule has 27 heavy (non-hydrogen) atoms. The third kappa shape index (κ3) is 5.69. The molecule has 0 atom stereocenters. The molecule has 6 nitrogen and oxygen atoms in total.